The van der Waals surface area contributed by atoms with Crippen LogP contribution in [0.3, 0.4) is 0 Å². The average Bonchev–Trinajstić information content (AvgIpc) is 2.94. The summed E-state index contributed by atoms with van der Waals surface area (Å²) in [7, 11) is -2.38. The van der Waals surface area contributed by atoms with Gasteiger partial charge in [-0.1, -0.05) is 44.2 Å². The van der Waals surface area contributed by atoms with Crippen LogP contribution in [-0.4, -0.2) is 31.6 Å². The highest BCUT2D eigenvalue weighted by Crippen LogP contribution is 2.27. The van der Waals surface area contributed by atoms with Crippen LogP contribution in [0.2, 0.25) is 0 Å². The Morgan fingerprint density at radius 1 is 1.25 bits per heavy atom. The standard InChI is InChI=1S/C15H20N4O3S2/c1-10-7-6-8-11(9-10)19(5)24(21,22)14-18-17-13(23-14)16-12(20)15(2,3)4/h6-9H,1-5H3,(H,16,17,20). The van der Waals surface area contributed by atoms with Crippen LogP contribution in [0.25, 0.3) is 0 Å². The summed E-state index contributed by atoms with van der Waals surface area (Å²) in [6.45, 7) is 7.15. The zero-order chi connectivity index (χ0) is 18.1. The zero-order valence-corrected chi connectivity index (χ0v) is 15.8. The van der Waals surface area contributed by atoms with Crippen molar-refractivity contribution in [1.82, 2.24) is 10.2 Å². The monoisotopic (exact) mass is 368 g/mol. The summed E-state index contributed by atoms with van der Waals surface area (Å²) in [5.74, 6) is -0.255. The molecule has 0 atom stereocenters. The number of aromatic nitrogens is 2. The number of aryl methyl sites for hydroxylation is 1. The van der Waals surface area contributed by atoms with E-state index < -0.39 is 15.4 Å². The van der Waals surface area contributed by atoms with Crippen LogP contribution in [-0.2, 0) is 14.8 Å². The molecule has 0 fully saturated rings. The zero-order valence-electron chi connectivity index (χ0n) is 14.2. The molecule has 7 nitrogen and oxygen atoms in total. The summed E-state index contributed by atoms with van der Waals surface area (Å²) in [5.41, 5.74) is 0.874. The number of anilines is 2. The Labute approximate surface area is 145 Å². The fourth-order valence-corrected chi connectivity index (χ4v) is 3.96. The molecule has 1 amide bonds. The number of hydrogen-bond donors (Lipinski definition) is 1. The molecule has 0 unspecified atom stereocenters. The summed E-state index contributed by atoms with van der Waals surface area (Å²) < 4.78 is 26.3. The highest BCUT2D eigenvalue weighted by atomic mass is 32.2. The fraction of sp³-hybridized carbons (Fsp3) is 0.400. The van der Waals surface area contributed by atoms with Crippen molar-refractivity contribution >= 4 is 38.1 Å². The van der Waals surface area contributed by atoms with Gasteiger partial charge in [0.2, 0.25) is 11.0 Å². The Balaban J connectivity index is 2.26. The second-order valence-corrected chi connectivity index (χ2v) is 9.51. The predicted molar refractivity (Wildman–Crippen MR) is 94.8 cm³/mol. The number of carbonyl (C=O) groups excluding carboxylic acids is 1. The van der Waals surface area contributed by atoms with E-state index in [0.29, 0.717) is 5.69 Å². The quantitative estimate of drug-likeness (QED) is 0.838. The van der Waals surface area contributed by atoms with Crippen molar-refractivity contribution < 1.29 is 13.2 Å². The van der Waals surface area contributed by atoms with Gasteiger partial charge in [-0.2, -0.15) is 8.42 Å². The molecule has 2 aromatic rings. The summed E-state index contributed by atoms with van der Waals surface area (Å²) in [6, 6.07) is 7.13. The van der Waals surface area contributed by atoms with Gasteiger partial charge in [0.15, 0.2) is 0 Å². The molecule has 1 aromatic heterocycles. The number of nitrogens with zero attached hydrogens (tertiary/aromatic N) is 3. The third-order valence-corrected chi connectivity index (χ3v) is 6.22. The molecule has 1 aromatic carbocycles. The second kappa shape index (κ2) is 6.48. The van der Waals surface area contributed by atoms with Crippen LogP contribution in [0.5, 0.6) is 0 Å². The molecular formula is C15H20N4O3S2. The minimum atomic E-state index is -3.83. The van der Waals surface area contributed by atoms with Crippen molar-refractivity contribution in [2.24, 2.45) is 5.41 Å². The van der Waals surface area contributed by atoms with E-state index in [0.717, 1.165) is 21.2 Å². The molecule has 24 heavy (non-hydrogen) atoms. The lowest BCUT2D eigenvalue weighted by molar-refractivity contribution is -0.123. The Kier molecular flexibility index (Phi) is 4.95. The molecular weight excluding hydrogens is 348 g/mol. The third-order valence-electron chi connectivity index (χ3n) is 3.25. The highest BCUT2D eigenvalue weighted by molar-refractivity contribution is 7.94. The predicted octanol–water partition coefficient (Wildman–Crippen LogP) is 2.66. The first kappa shape index (κ1) is 18.3. The summed E-state index contributed by atoms with van der Waals surface area (Å²) in [5, 5.41) is 10.2. The molecule has 0 bridgehead atoms. The molecule has 0 aliphatic rings. The number of benzene rings is 1. The van der Waals surface area contributed by atoms with Gasteiger partial charge in [0, 0.05) is 12.5 Å². The van der Waals surface area contributed by atoms with Crippen molar-refractivity contribution in [3.63, 3.8) is 0 Å². The molecule has 1 N–H and O–H groups in total. The summed E-state index contributed by atoms with van der Waals surface area (Å²) >= 11 is 0.828. The smallest absolute Gasteiger partial charge is 0.293 e. The van der Waals surface area contributed by atoms with Gasteiger partial charge in [0.05, 0.1) is 5.69 Å². The molecule has 9 heteroatoms. The van der Waals surface area contributed by atoms with E-state index in [-0.39, 0.29) is 15.4 Å². The Morgan fingerprint density at radius 2 is 1.92 bits per heavy atom. The van der Waals surface area contributed by atoms with E-state index >= 15 is 0 Å². The Bertz CT molecular complexity index is 854. The molecule has 0 saturated carbocycles. The first-order chi connectivity index (χ1) is 11.0. The van der Waals surface area contributed by atoms with Crippen molar-refractivity contribution in [3.05, 3.63) is 29.8 Å². The Hall–Kier alpha value is -2.00. The van der Waals surface area contributed by atoms with Crippen LogP contribution in [0.4, 0.5) is 10.8 Å². The van der Waals surface area contributed by atoms with Gasteiger partial charge in [-0.15, -0.1) is 10.2 Å². The number of rotatable bonds is 4. The molecule has 0 radical (unpaired) electrons. The van der Waals surface area contributed by atoms with Crippen molar-refractivity contribution in [2.75, 3.05) is 16.7 Å². The lowest BCUT2D eigenvalue weighted by atomic mass is 9.96. The molecule has 1 heterocycles. The molecule has 0 aliphatic carbocycles. The van der Waals surface area contributed by atoms with Crippen LogP contribution < -0.4 is 9.62 Å². The minimum absolute atomic E-state index is 0.158. The van der Waals surface area contributed by atoms with E-state index in [1.165, 1.54) is 7.05 Å². The van der Waals surface area contributed by atoms with Crippen LogP contribution >= 0.6 is 11.3 Å². The van der Waals surface area contributed by atoms with Gasteiger partial charge in [-0.25, -0.2) is 0 Å². The largest absolute Gasteiger partial charge is 0.300 e. The maximum atomic E-state index is 12.7. The number of carbonyl (C=O) groups is 1. The van der Waals surface area contributed by atoms with Gasteiger partial charge in [0.25, 0.3) is 14.4 Å². The summed E-state index contributed by atoms with van der Waals surface area (Å²) in [4.78, 5) is 12.0. The highest BCUT2D eigenvalue weighted by Gasteiger charge is 2.28. The summed E-state index contributed by atoms with van der Waals surface area (Å²) in [6.07, 6.45) is 0. The molecule has 0 aliphatic heterocycles. The molecule has 130 valence electrons. The van der Waals surface area contributed by atoms with E-state index in [2.05, 4.69) is 15.5 Å². The van der Waals surface area contributed by atoms with Gasteiger partial charge in [0.1, 0.15) is 0 Å². The van der Waals surface area contributed by atoms with Crippen LogP contribution in [0.15, 0.2) is 28.6 Å². The molecule has 0 saturated heterocycles. The van der Waals surface area contributed by atoms with Gasteiger partial charge < -0.3 is 5.32 Å². The van der Waals surface area contributed by atoms with E-state index in [1.54, 1.807) is 39.0 Å². The van der Waals surface area contributed by atoms with Crippen LogP contribution in [0, 0.1) is 12.3 Å². The third kappa shape index (κ3) is 3.90. The average molecular weight is 368 g/mol. The SMILES string of the molecule is Cc1cccc(N(C)S(=O)(=O)c2nnc(NC(=O)C(C)(C)C)s2)c1. The lowest BCUT2D eigenvalue weighted by Crippen LogP contribution is -2.27. The van der Waals surface area contributed by atoms with Gasteiger partial charge in [-0.3, -0.25) is 9.10 Å². The number of hydrogen-bond acceptors (Lipinski definition) is 6. The van der Waals surface area contributed by atoms with E-state index in [4.69, 9.17) is 0 Å². The number of nitrogens with one attached hydrogen (secondary N) is 1. The fourth-order valence-electron chi connectivity index (χ4n) is 1.73. The lowest BCUT2D eigenvalue weighted by Gasteiger charge is -2.17. The van der Waals surface area contributed by atoms with Crippen LogP contribution in [0.1, 0.15) is 26.3 Å². The first-order valence-electron chi connectivity index (χ1n) is 7.22. The maximum absolute atomic E-state index is 12.7. The van der Waals surface area contributed by atoms with Gasteiger partial charge >= 0.3 is 0 Å². The van der Waals surface area contributed by atoms with Gasteiger partial charge in [-0.05, 0) is 24.6 Å². The van der Waals surface area contributed by atoms with Crippen molar-refractivity contribution in [2.45, 2.75) is 32.0 Å². The second-order valence-electron chi connectivity index (χ2n) is 6.39. The van der Waals surface area contributed by atoms with E-state index in [1.807, 2.05) is 13.0 Å². The molecule has 0 spiro atoms. The minimum Gasteiger partial charge on any atom is -0.300 e. The molecule has 2 rings (SSSR count). The van der Waals surface area contributed by atoms with Crippen molar-refractivity contribution in [1.29, 1.82) is 0 Å². The number of sulfonamides is 1. The number of amides is 1. The normalized spacial score (nSPS) is 12.0. The Morgan fingerprint density at radius 3 is 2.50 bits per heavy atom. The van der Waals surface area contributed by atoms with E-state index in [9.17, 15) is 13.2 Å². The van der Waals surface area contributed by atoms with Crippen molar-refractivity contribution in [3.8, 4) is 0 Å². The first-order valence-corrected chi connectivity index (χ1v) is 9.48. The topological polar surface area (TPSA) is 92.3 Å². The maximum Gasteiger partial charge on any atom is 0.293 e.